The molecule has 278 valence electrons. The van der Waals surface area contributed by atoms with Crippen molar-refractivity contribution >= 4 is 38.4 Å². The molecule has 3 N–H and O–H groups in total. The maximum absolute atomic E-state index is 13.6. The van der Waals surface area contributed by atoms with Gasteiger partial charge in [0, 0.05) is 49.1 Å². The Labute approximate surface area is 300 Å². The molecule has 0 amide bonds. The van der Waals surface area contributed by atoms with Gasteiger partial charge in [-0.2, -0.15) is 19.0 Å². The van der Waals surface area contributed by atoms with Crippen molar-refractivity contribution in [2.45, 2.75) is 83.8 Å². The fraction of sp³-hybridized carbons (Fsp3) is 0.389. The van der Waals surface area contributed by atoms with Crippen LogP contribution in [0.4, 0.5) is 24.7 Å². The summed E-state index contributed by atoms with van der Waals surface area (Å²) in [6, 6.07) is 9.80. The van der Waals surface area contributed by atoms with Gasteiger partial charge in [-0.1, -0.05) is 31.0 Å². The number of nitrogens with zero attached hydrogens (tertiary/aromatic N) is 5. The smallest absolute Gasteiger partial charge is 0.355 e. The predicted molar refractivity (Wildman–Crippen MR) is 192 cm³/mol. The van der Waals surface area contributed by atoms with Crippen molar-refractivity contribution in [3.05, 3.63) is 72.4 Å². The van der Waals surface area contributed by atoms with Crippen LogP contribution < -0.4 is 15.2 Å². The lowest BCUT2D eigenvalue weighted by molar-refractivity contribution is -0.154. The van der Waals surface area contributed by atoms with E-state index in [4.69, 9.17) is 20.3 Å². The Morgan fingerprint density at radius 3 is 2.42 bits per heavy atom. The van der Waals surface area contributed by atoms with Gasteiger partial charge in [0.2, 0.25) is 0 Å². The molecule has 5 aromatic rings. The number of anilines is 2. The molecule has 52 heavy (non-hydrogen) atoms. The Kier molecular flexibility index (Phi) is 11.5. The SMILES string of the molecule is C[C@H](Oc1cc(-c2nn(C)c3c(-c4cnn(CCCCCCC(=O)OC(C)(C)C)c4)cnc(N)c23)ccc1NS(=O)(=O)C(F)F)c1ccc(F)cc1. The van der Waals surface area contributed by atoms with E-state index in [0.717, 1.165) is 36.8 Å². The lowest BCUT2D eigenvalue weighted by Gasteiger charge is -2.19. The molecule has 0 aliphatic rings. The predicted octanol–water partition coefficient (Wildman–Crippen LogP) is 7.62. The molecule has 0 aliphatic carbocycles. The van der Waals surface area contributed by atoms with Gasteiger partial charge >= 0.3 is 11.7 Å². The average molecular weight is 742 g/mol. The van der Waals surface area contributed by atoms with Crippen molar-refractivity contribution in [1.29, 1.82) is 0 Å². The van der Waals surface area contributed by atoms with Crippen LogP contribution in [0.25, 0.3) is 33.3 Å². The van der Waals surface area contributed by atoms with Crippen molar-refractivity contribution < 1.29 is 35.9 Å². The van der Waals surface area contributed by atoms with Crippen molar-refractivity contribution in [1.82, 2.24) is 24.5 Å². The number of nitrogens with two attached hydrogens (primary N) is 1. The number of rotatable bonds is 15. The number of carbonyl (C=O) groups excluding carboxylic acids is 1. The van der Waals surface area contributed by atoms with Gasteiger partial charge in [0.05, 0.1) is 22.8 Å². The Morgan fingerprint density at radius 1 is 1.02 bits per heavy atom. The lowest BCUT2D eigenvalue weighted by atomic mass is 10.0. The molecule has 0 saturated heterocycles. The minimum atomic E-state index is -5.04. The minimum absolute atomic E-state index is 0.0637. The number of nitrogen functional groups attached to an aromatic ring is 1. The molecule has 0 bridgehead atoms. The first-order valence-electron chi connectivity index (χ1n) is 16.7. The highest BCUT2D eigenvalue weighted by Gasteiger charge is 2.27. The number of carbonyl (C=O) groups is 1. The summed E-state index contributed by atoms with van der Waals surface area (Å²) in [5.41, 5.74) is 9.27. The monoisotopic (exact) mass is 741 g/mol. The number of unbranched alkanes of at least 4 members (excludes halogenated alkanes) is 3. The summed E-state index contributed by atoms with van der Waals surface area (Å²) in [6.45, 7) is 7.89. The second-order valence-corrected chi connectivity index (χ2v) is 15.1. The van der Waals surface area contributed by atoms with Crippen molar-refractivity contribution in [2.24, 2.45) is 7.05 Å². The Bertz CT molecular complexity index is 2150. The molecule has 0 unspecified atom stereocenters. The first-order chi connectivity index (χ1) is 24.5. The van der Waals surface area contributed by atoms with Crippen molar-refractivity contribution in [3.8, 4) is 28.1 Å². The molecule has 0 spiro atoms. The molecule has 3 heterocycles. The highest BCUT2D eigenvalue weighted by atomic mass is 32.2. The number of fused-ring (bicyclic) bond motifs is 1. The van der Waals surface area contributed by atoms with Gasteiger partial charge in [-0.25, -0.2) is 17.8 Å². The first kappa shape index (κ1) is 38.1. The molecule has 0 saturated carbocycles. The topological polar surface area (TPSA) is 156 Å². The van der Waals surface area contributed by atoms with E-state index in [-0.39, 0.29) is 23.2 Å². The molecule has 1 atom stereocenters. The number of ether oxygens (including phenoxy) is 2. The fourth-order valence-corrected chi connectivity index (χ4v) is 6.27. The lowest BCUT2D eigenvalue weighted by Crippen LogP contribution is -2.23. The molecule has 0 fully saturated rings. The van der Waals surface area contributed by atoms with Gasteiger partial charge in [0.1, 0.15) is 34.8 Å². The summed E-state index contributed by atoms with van der Waals surface area (Å²) in [4.78, 5) is 16.4. The largest absolute Gasteiger partial charge is 0.484 e. The van der Waals surface area contributed by atoms with Crippen molar-refractivity contribution in [2.75, 3.05) is 10.5 Å². The summed E-state index contributed by atoms with van der Waals surface area (Å²) >= 11 is 0. The Hall–Kier alpha value is -5.12. The molecule has 5 rings (SSSR count). The van der Waals surface area contributed by atoms with Crippen LogP contribution in [0.1, 0.15) is 71.5 Å². The number of nitrogens with one attached hydrogen (secondary N) is 1. The Morgan fingerprint density at radius 2 is 1.73 bits per heavy atom. The van der Waals surface area contributed by atoms with Crippen LogP contribution in [0.3, 0.4) is 0 Å². The van der Waals surface area contributed by atoms with Gasteiger partial charge in [0.25, 0.3) is 10.0 Å². The van der Waals surface area contributed by atoms with E-state index < -0.39 is 33.3 Å². The summed E-state index contributed by atoms with van der Waals surface area (Å²) < 4.78 is 81.3. The quantitative estimate of drug-likeness (QED) is 0.0814. The van der Waals surface area contributed by atoms with E-state index in [1.54, 1.807) is 31.0 Å². The van der Waals surface area contributed by atoms with Gasteiger partial charge in [-0.15, -0.1) is 0 Å². The molecule has 2 aromatic carbocycles. The Balaban J connectivity index is 1.39. The van der Waals surface area contributed by atoms with E-state index in [9.17, 15) is 26.4 Å². The zero-order valence-corrected chi connectivity index (χ0v) is 30.4. The third-order valence-corrected chi connectivity index (χ3v) is 9.13. The third-order valence-electron chi connectivity index (χ3n) is 8.16. The summed E-state index contributed by atoms with van der Waals surface area (Å²) in [7, 11) is -3.29. The summed E-state index contributed by atoms with van der Waals surface area (Å²) in [5, 5.41) is 9.77. The zero-order valence-electron chi connectivity index (χ0n) is 29.6. The highest BCUT2D eigenvalue weighted by Crippen LogP contribution is 2.40. The van der Waals surface area contributed by atoms with Crippen LogP contribution >= 0.6 is 0 Å². The van der Waals surface area contributed by atoms with Crippen LogP contribution in [-0.4, -0.2) is 50.3 Å². The molecule has 0 radical (unpaired) electrons. The van der Waals surface area contributed by atoms with E-state index >= 15 is 0 Å². The van der Waals surface area contributed by atoms with Crippen molar-refractivity contribution in [3.63, 3.8) is 0 Å². The van der Waals surface area contributed by atoms with Crippen LogP contribution in [0, 0.1) is 5.82 Å². The molecule has 12 nitrogen and oxygen atoms in total. The van der Waals surface area contributed by atoms with Crippen LogP contribution in [0.5, 0.6) is 5.75 Å². The number of sulfonamides is 1. The van der Waals surface area contributed by atoms with Crippen LogP contribution in [0.15, 0.2) is 61.1 Å². The van der Waals surface area contributed by atoms with E-state index in [2.05, 4.69) is 10.1 Å². The maximum Gasteiger partial charge on any atom is 0.355 e. The first-order valence-corrected chi connectivity index (χ1v) is 18.3. The van der Waals surface area contributed by atoms with Gasteiger partial charge in [-0.05, 0) is 70.4 Å². The number of hydrogen-bond acceptors (Lipinski definition) is 9. The molecule has 0 aliphatic heterocycles. The number of aryl methyl sites for hydroxylation is 2. The fourth-order valence-electron chi connectivity index (χ4n) is 5.70. The maximum atomic E-state index is 13.6. The summed E-state index contributed by atoms with van der Waals surface area (Å²) in [6.07, 6.45) is 8.39. The van der Waals surface area contributed by atoms with Gasteiger partial charge < -0.3 is 15.2 Å². The number of alkyl halides is 2. The highest BCUT2D eigenvalue weighted by molar-refractivity contribution is 7.93. The van der Waals surface area contributed by atoms with Gasteiger partial charge in [0.15, 0.2) is 0 Å². The number of pyridine rings is 1. The molecule has 3 aromatic heterocycles. The average Bonchev–Trinajstić information content (AvgIpc) is 3.68. The van der Waals surface area contributed by atoms with E-state index in [0.29, 0.717) is 40.7 Å². The standard InChI is InChI=1S/C36H42F3N7O5S/c1-22(23-11-14-26(37)15-12-23)50-29-18-24(13-16-28(29)44-52(48,49)35(38)39)32-31-33(45(5)43-32)27(20-41-34(31)40)25-19-42-46(21-25)17-9-7-6-8-10-30(47)51-36(2,3)4/h11-16,18-22,35,44H,6-10,17H2,1-5H3,(H2,40,41)/t22-/m0/s1. The zero-order chi connectivity index (χ0) is 37.8. The minimum Gasteiger partial charge on any atom is -0.484 e. The normalized spacial score (nSPS) is 12.7. The second-order valence-electron chi connectivity index (χ2n) is 13.4. The molecular weight excluding hydrogens is 700 g/mol. The number of esters is 1. The van der Waals surface area contributed by atoms with Crippen LogP contribution in [-0.2, 0) is 33.1 Å². The number of halogens is 3. The molecule has 16 heteroatoms. The molecular formula is C36H42F3N7O5S. The third kappa shape index (κ3) is 9.21. The summed E-state index contributed by atoms with van der Waals surface area (Å²) in [5.74, 6) is -4.20. The number of benzene rings is 2. The second kappa shape index (κ2) is 15.6. The van der Waals surface area contributed by atoms with E-state index in [1.165, 1.54) is 42.5 Å². The van der Waals surface area contributed by atoms with Crippen LogP contribution in [0.2, 0.25) is 0 Å². The number of hydrogen-bond donors (Lipinski definition) is 2. The van der Waals surface area contributed by atoms with Gasteiger partial charge in [-0.3, -0.25) is 18.9 Å². The van der Waals surface area contributed by atoms with E-state index in [1.807, 2.05) is 36.4 Å². The number of aromatic nitrogens is 5.